The second kappa shape index (κ2) is 7.01. The molecule has 5 nitrogen and oxygen atoms in total. The maximum absolute atomic E-state index is 12.4. The molecule has 0 fully saturated rings. The topological polar surface area (TPSA) is 50.8 Å². The van der Waals surface area contributed by atoms with Crippen LogP contribution in [0.3, 0.4) is 0 Å². The summed E-state index contributed by atoms with van der Waals surface area (Å²) in [4.78, 5) is 14.2. The molecule has 0 radical (unpaired) electrons. The molecule has 0 aliphatic carbocycles. The minimum absolute atomic E-state index is 0.225. The normalized spacial score (nSPS) is 22.8. The number of hydrogen-bond acceptors (Lipinski definition) is 4. The van der Waals surface area contributed by atoms with Crippen molar-refractivity contribution in [3.63, 3.8) is 0 Å². The fraction of sp³-hybridized carbons (Fsp3) is 0.824. The van der Waals surface area contributed by atoms with Gasteiger partial charge in [-0.1, -0.05) is 13.8 Å². The largest absolute Gasteiger partial charge is 0.444 e. The molecule has 1 N–H and O–H groups in total. The van der Waals surface area contributed by atoms with Crippen LogP contribution in [-0.2, 0) is 9.47 Å². The van der Waals surface area contributed by atoms with Crippen molar-refractivity contribution in [1.29, 1.82) is 0 Å². The number of nitrogens with one attached hydrogen (secondary N) is 1. The van der Waals surface area contributed by atoms with Crippen LogP contribution in [-0.4, -0.2) is 55.5 Å². The van der Waals surface area contributed by atoms with E-state index in [0.717, 1.165) is 19.6 Å². The zero-order valence-corrected chi connectivity index (χ0v) is 14.6. The van der Waals surface area contributed by atoms with Gasteiger partial charge in [0.15, 0.2) is 0 Å². The van der Waals surface area contributed by atoms with Crippen molar-refractivity contribution in [3.8, 4) is 0 Å². The van der Waals surface area contributed by atoms with Crippen LogP contribution in [0.1, 0.15) is 41.0 Å². The summed E-state index contributed by atoms with van der Waals surface area (Å²) in [6.45, 7) is 13.8. The highest BCUT2D eigenvalue weighted by Crippen LogP contribution is 2.26. The van der Waals surface area contributed by atoms with Gasteiger partial charge < -0.3 is 19.7 Å². The lowest BCUT2D eigenvalue weighted by atomic mass is 9.91. The Kier molecular flexibility index (Phi) is 5.50. The van der Waals surface area contributed by atoms with Gasteiger partial charge in [0.2, 0.25) is 0 Å². The van der Waals surface area contributed by atoms with Crippen LogP contribution in [0.15, 0.2) is 11.1 Å². The second-order valence-corrected chi connectivity index (χ2v) is 7.65. The average molecular weight is 310 g/mol. The number of nitrogens with zero attached hydrogens (tertiary/aromatic N) is 1. The Bertz CT molecular complexity index is 438. The predicted molar refractivity (Wildman–Crippen MR) is 86.9 cm³/mol. The van der Waals surface area contributed by atoms with Crippen molar-refractivity contribution in [1.82, 2.24) is 10.2 Å². The lowest BCUT2D eigenvalue weighted by Crippen LogP contribution is -2.52. The molecule has 1 amide bonds. The monoisotopic (exact) mass is 310 g/mol. The summed E-state index contributed by atoms with van der Waals surface area (Å²) in [6, 6.07) is 0.225. The minimum Gasteiger partial charge on any atom is -0.444 e. The molecular weight excluding hydrogens is 280 g/mol. The molecule has 0 unspecified atom stereocenters. The lowest BCUT2D eigenvalue weighted by molar-refractivity contribution is 0.0217. The highest BCUT2D eigenvalue weighted by atomic mass is 16.6. The van der Waals surface area contributed by atoms with Crippen LogP contribution < -0.4 is 5.32 Å². The average Bonchev–Trinajstić information content (AvgIpc) is 2.42. The van der Waals surface area contributed by atoms with Crippen LogP contribution in [0.2, 0.25) is 0 Å². The fourth-order valence-corrected chi connectivity index (χ4v) is 2.87. The summed E-state index contributed by atoms with van der Waals surface area (Å²) >= 11 is 0. The highest BCUT2D eigenvalue weighted by molar-refractivity contribution is 5.69. The summed E-state index contributed by atoms with van der Waals surface area (Å²) in [5, 5.41) is 3.61. The number of ether oxygens (including phenoxy) is 2. The van der Waals surface area contributed by atoms with Crippen LogP contribution in [0.5, 0.6) is 0 Å². The highest BCUT2D eigenvalue weighted by Gasteiger charge is 2.33. The van der Waals surface area contributed by atoms with Crippen LogP contribution >= 0.6 is 0 Å². The smallest absolute Gasteiger partial charge is 0.410 e. The molecule has 0 bridgehead atoms. The predicted octanol–water partition coefficient (Wildman–Crippen LogP) is 2.57. The third-order valence-electron chi connectivity index (χ3n) is 3.88. The van der Waals surface area contributed by atoms with Crippen molar-refractivity contribution < 1.29 is 14.3 Å². The van der Waals surface area contributed by atoms with Gasteiger partial charge in [0.1, 0.15) is 5.60 Å². The van der Waals surface area contributed by atoms with Gasteiger partial charge in [-0.05, 0) is 50.8 Å². The number of rotatable bonds is 3. The number of amides is 1. The van der Waals surface area contributed by atoms with Gasteiger partial charge in [-0.25, -0.2) is 4.79 Å². The number of carbonyl (C=O) groups excluding carboxylic acids is 1. The molecule has 0 saturated heterocycles. The quantitative estimate of drug-likeness (QED) is 0.814. The second-order valence-electron chi connectivity index (χ2n) is 7.65. The fourth-order valence-electron chi connectivity index (χ4n) is 2.87. The molecular formula is C17H30N2O3. The lowest BCUT2D eigenvalue weighted by Gasteiger charge is -2.39. The van der Waals surface area contributed by atoms with E-state index in [1.54, 1.807) is 4.90 Å². The molecule has 2 heterocycles. The van der Waals surface area contributed by atoms with E-state index in [2.05, 4.69) is 19.2 Å². The summed E-state index contributed by atoms with van der Waals surface area (Å²) in [5.41, 5.74) is 2.21. The first kappa shape index (κ1) is 17.3. The van der Waals surface area contributed by atoms with Gasteiger partial charge in [-0.2, -0.15) is 0 Å². The van der Waals surface area contributed by atoms with Crippen molar-refractivity contribution in [3.05, 3.63) is 11.1 Å². The zero-order valence-electron chi connectivity index (χ0n) is 14.6. The molecule has 0 aromatic heterocycles. The van der Waals surface area contributed by atoms with E-state index < -0.39 is 5.60 Å². The molecule has 1 atom stereocenters. The van der Waals surface area contributed by atoms with Crippen LogP contribution in [0, 0.1) is 5.92 Å². The Morgan fingerprint density at radius 3 is 2.82 bits per heavy atom. The van der Waals surface area contributed by atoms with E-state index in [9.17, 15) is 4.79 Å². The summed E-state index contributed by atoms with van der Waals surface area (Å²) < 4.78 is 11.1. The van der Waals surface area contributed by atoms with Crippen LogP contribution in [0.25, 0.3) is 0 Å². The Morgan fingerprint density at radius 2 is 2.18 bits per heavy atom. The molecule has 0 spiro atoms. The molecule has 2 aliphatic heterocycles. The molecule has 2 rings (SSSR count). The van der Waals surface area contributed by atoms with E-state index in [1.165, 1.54) is 11.1 Å². The van der Waals surface area contributed by atoms with E-state index in [-0.39, 0.29) is 12.1 Å². The SMILES string of the molecule is CC(C)CN[C@H]1CN(C(=O)OC(C)(C)C)CC2=C1CCOC2. The molecule has 22 heavy (non-hydrogen) atoms. The Hall–Kier alpha value is -1.07. The van der Waals surface area contributed by atoms with Crippen molar-refractivity contribution in [2.45, 2.75) is 52.7 Å². The van der Waals surface area contributed by atoms with E-state index in [1.807, 2.05) is 20.8 Å². The van der Waals surface area contributed by atoms with Gasteiger partial charge in [-0.15, -0.1) is 0 Å². The zero-order chi connectivity index (χ0) is 16.3. The molecule has 0 aromatic carbocycles. The minimum atomic E-state index is -0.463. The molecule has 2 aliphatic rings. The van der Waals surface area contributed by atoms with E-state index in [4.69, 9.17) is 9.47 Å². The van der Waals surface area contributed by atoms with Gasteiger partial charge >= 0.3 is 6.09 Å². The van der Waals surface area contributed by atoms with Crippen LogP contribution in [0.4, 0.5) is 4.79 Å². The third kappa shape index (κ3) is 4.71. The van der Waals surface area contributed by atoms with Gasteiger partial charge in [-0.3, -0.25) is 0 Å². The first-order chi connectivity index (χ1) is 10.3. The van der Waals surface area contributed by atoms with Gasteiger partial charge in [0.05, 0.1) is 13.2 Å². The van der Waals surface area contributed by atoms with Crippen molar-refractivity contribution >= 4 is 6.09 Å². The van der Waals surface area contributed by atoms with E-state index in [0.29, 0.717) is 25.6 Å². The maximum atomic E-state index is 12.4. The number of hydrogen-bond donors (Lipinski definition) is 1. The van der Waals surface area contributed by atoms with Gasteiger partial charge in [0.25, 0.3) is 0 Å². The molecule has 126 valence electrons. The molecule has 0 aromatic rings. The summed E-state index contributed by atoms with van der Waals surface area (Å²) in [7, 11) is 0. The standard InChI is InChI=1S/C17H30N2O3/c1-12(2)8-18-15-10-19(16(20)22-17(3,4)5)9-13-11-21-7-6-14(13)15/h12,15,18H,6-11H2,1-5H3/t15-/m0/s1. The Labute approximate surface area is 134 Å². The first-order valence-electron chi connectivity index (χ1n) is 8.26. The first-order valence-corrected chi connectivity index (χ1v) is 8.26. The number of carbonyl (C=O) groups is 1. The molecule has 5 heteroatoms. The van der Waals surface area contributed by atoms with Crippen molar-refractivity contribution in [2.24, 2.45) is 5.92 Å². The Balaban J connectivity index is 2.09. The molecule has 0 saturated carbocycles. The summed E-state index contributed by atoms with van der Waals surface area (Å²) in [5.74, 6) is 0.584. The Morgan fingerprint density at radius 1 is 1.45 bits per heavy atom. The maximum Gasteiger partial charge on any atom is 0.410 e. The summed E-state index contributed by atoms with van der Waals surface area (Å²) in [6.07, 6.45) is 0.730. The third-order valence-corrected chi connectivity index (χ3v) is 3.88. The van der Waals surface area contributed by atoms with E-state index >= 15 is 0 Å². The van der Waals surface area contributed by atoms with Gasteiger partial charge in [0, 0.05) is 19.1 Å². The van der Waals surface area contributed by atoms with Crippen molar-refractivity contribution in [2.75, 3.05) is 32.8 Å².